The van der Waals surface area contributed by atoms with E-state index < -0.39 is 81.7 Å². The maximum Gasteiger partial charge on any atom is 0.573 e. The third-order valence-electron chi connectivity index (χ3n) is 7.62. The zero-order chi connectivity index (χ0) is 26.1. The molecular weight excluding hydrogens is 483 g/mol. The predicted molar refractivity (Wildman–Crippen MR) is 118 cm³/mol. The van der Waals surface area contributed by atoms with E-state index in [9.17, 15) is 42.9 Å². The monoisotopic (exact) mass is 507 g/mol. The van der Waals surface area contributed by atoms with E-state index >= 15 is 0 Å². The van der Waals surface area contributed by atoms with Gasteiger partial charge in [0.15, 0.2) is 17.3 Å². The van der Waals surface area contributed by atoms with Gasteiger partial charge >= 0.3 is 6.36 Å². The minimum absolute atomic E-state index is 0.0938. The lowest BCUT2D eigenvalue weighted by Crippen LogP contribution is -2.42. The largest absolute Gasteiger partial charge is 0.573 e. The van der Waals surface area contributed by atoms with Gasteiger partial charge in [-0.05, 0) is 57.1 Å². The second-order valence-corrected chi connectivity index (χ2v) is 9.81. The Balaban J connectivity index is 1.65. The third kappa shape index (κ3) is 3.76. The van der Waals surface area contributed by atoms with Gasteiger partial charge in [0.2, 0.25) is 0 Å². The number of fused-ring (bicyclic) bond motifs is 3. The summed E-state index contributed by atoms with van der Waals surface area (Å²) in [6, 6.07) is 0.586. The minimum atomic E-state index is -5.05. The fraction of sp³-hybridized carbons (Fsp3) is 0.480. The lowest BCUT2D eigenvalue weighted by Gasteiger charge is -2.41. The van der Waals surface area contributed by atoms with Crippen LogP contribution in [0.3, 0.4) is 0 Å². The lowest BCUT2D eigenvalue weighted by atomic mass is 9.62. The molecule has 4 aliphatic rings. The number of nitrogens with one attached hydrogen (secondary N) is 1. The number of ketones is 3. The van der Waals surface area contributed by atoms with Crippen molar-refractivity contribution in [3.63, 3.8) is 0 Å². The first-order chi connectivity index (χ1) is 16.9. The quantitative estimate of drug-likeness (QED) is 0.453. The zero-order valence-corrected chi connectivity index (χ0v) is 19.2. The van der Waals surface area contributed by atoms with E-state index in [-0.39, 0.29) is 36.0 Å². The molecule has 4 unspecified atom stereocenters. The predicted octanol–water partition coefficient (Wildman–Crippen LogP) is 3.89. The van der Waals surface area contributed by atoms with Crippen LogP contribution >= 0.6 is 0 Å². The average molecular weight is 507 g/mol. The van der Waals surface area contributed by atoms with Gasteiger partial charge < -0.3 is 25.4 Å². The molecule has 1 fully saturated rings. The Morgan fingerprint density at radius 1 is 1.17 bits per heavy atom. The summed E-state index contributed by atoms with van der Waals surface area (Å²) >= 11 is 0. The van der Waals surface area contributed by atoms with E-state index in [0.29, 0.717) is 19.4 Å². The van der Waals surface area contributed by atoms with Crippen LogP contribution in [0.4, 0.5) is 13.2 Å². The zero-order valence-electron chi connectivity index (χ0n) is 19.2. The molecule has 1 aliphatic heterocycles. The smallest absolute Gasteiger partial charge is 0.511 e. The van der Waals surface area contributed by atoms with Crippen LogP contribution in [0.25, 0.3) is 0 Å². The number of hydrogen-bond donors (Lipinski definition) is 4. The molecule has 5 rings (SSSR count). The highest BCUT2D eigenvalue weighted by Crippen LogP contribution is 2.52. The van der Waals surface area contributed by atoms with Crippen molar-refractivity contribution in [3.8, 4) is 11.5 Å². The summed E-state index contributed by atoms with van der Waals surface area (Å²) in [7, 11) is 0. The molecule has 0 spiro atoms. The SMILES string of the molecule is CC(=O)C1=C(O)CC2CC3Cc4c(OC(F)(F)F)c(C5CCCN5)cc(O)c4C(=O)C3=C(O)C2C1=O. The van der Waals surface area contributed by atoms with Gasteiger partial charge in [-0.1, -0.05) is 0 Å². The average Bonchev–Trinajstić information content (AvgIpc) is 3.28. The van der Waals surface area contributed by atoms with Gasteiger partial charge in [-0.15, -0.1) is 13.2 Å². The van der Waals surface area contributed by atoms with Crippen LogP contribution < -0.4 is 10.1 Å². The van der Waals surface area contributed by atoms with Crippen LogP contribution in [-0.4, -0.2) is 45.6 Å². The number of Topliss-reactive ketones (excluding diaryl/α,β-unsaturated/α-hetero) is 3. The first-order valence-corrected chi connectivity index (χ1v) is 11.7. The summed E-state index contributed by atoms with van der Waals surface area (Å²) < 4.78 is 44.7. The molecule has 4 N–H and O–H groups in total. The first-order valence-electron chi connectivity index (χ1n) is 11.7. The number of ether oxygens (including phenoxy) is 1. The summed E-state index contributed by atoms with van der Waals surface area (Å²) in [6.07, 6.45) is -3.95. The number of allylic oxidation sites excluding steroid dienone is 4. The number of phenols is 1. The highest BCUT2D eigenvalue weighted by Gasteiger charge is 2.51. The molecule has 3 aliphatic carbocycles. The second kappa shape index (κ2) is 8.36. The molecule has 11 heteroatoms. The summed E-state index contributed by atoms with van der Waals surface area (Å²) in [6.45, 7) is 1.69. The molecule has 1 heterocycles. The highest BCUT2D eigenvalue weighted by molar-refractivity contribution is 6.22. The molecule has 0 aromatic heterocycles. The number of carbonyl (C=O) groups is 3. The van der Waals surface area contributed by atoms with E-state index in [0.717, 1.165) is 13.0 Å². The number of hydrogen-bond acceptors (Lipinski definition) is 8. The summed E-state index contributed by atoms with van der Waals surface area (Å²) in [5, 5.41) is 35.2. The number of halogens is 3. The van der Waals surface area contributed by atoms with Gasteiger partial charge in [-0.3, -0.25) is 14.4 Å². The Morgan fingerprint density at radius 2 is 1.89 bits per heavy atom. The van der Waals surface area contributed by atoms with E-state index in [4.69, 9.17) is 0 Å². The van der Waals surface area contributed by atoms with Crippen LogP contribution in [0, 0.1) is 17.8 Å². The Morgan fingerprint density at radius 3 is 2.50 bits per heavy atom. The summed E-state index contributed by atoms with van der Waals surface area (Å²) in [5.41, 5.74) is -1.00. The third-order valence-corrected chi connectivity index (χ3v) is 7.62. The Labute approximate surface area is 203 Å². The van der Waals surface area contributed by atoms with Crippen molar-refractivity contribution in [1.82, 2.24) is 5.32 Å². The number of aromatic hydroxyl groups is 1. The number of alkyl halides is 3. The van der Waals surface area contributed by atoms with Crippen molar-refractivity contribution in [1.29, 1.82) is 0 Å². The molecule has 0 radical (unpaired) electrons. The van der Waals surface area contributed by atoms with E-state index in [1.807, 2.05) is 0 Å². The van der Waals surface area contributed by atoms with Gasteiger partial charge in [-0.2, -0.15) is 0 Å². The van der Waals surface area contributed by atoms with Gasteiger partial charge in [0.05, 0.1) is 17.1 Å². The number of phenolic OH excluding ortho intramolecular Hbond substituents is 1. The van der Waals surface area contributed by atoms with Crippen molar-refractivity contribution < 1.29 is 47.6 Å². The molecule has 0 amide bonds. The molecule has 4 atom stereocenters. The molecule has 192 valence electrons. The second-order valence-electron chi connectivity index (χ2n) is 9.81. The van der Waals surface area contributed by atoms with Crippen LogP contribution in [-0.2, 0) is 16.0 Å². The van der Waals surface area contributed by atoms with E-state index in [1.54, 1.807) is 0 Å². The van der Waals surface area contributed by atoms with Gasteiger partial charge in [0.25, 0.3) is 0 Å². The standard InChI is InChI=1S/C25H24F3NO7/c1-9(30)17-15(31)7-11-5-10-6-13-20(23(35)18(10)22(34)19(11)21(17)33)16(32)8-12(14-3-2-4-29-14)24(13)36-25(26,27)28/h8,10-11,14,19,29,31-32,34H,2-7H2,1H3. The molecule has 36 heavy (non-hydrogen) atoms. The maximum absolute atomic E-state index is 13.5. The minimum Gasteiger partial charge on any atom is -0.511 e. The van der Waals surface area contributed by atoms with Crippen LogP contribution in [0.2, 0.25) is 0 Å². The van der Waals surface area contributed by atoms with Crippen molar-refractivity contribution in [2.45, 2.75) is 51.4 Å². The normalized spacial score (nSPS) is 28.1. The van der Waals surface area contributed by atoms with Crippen LogP contribution in [0.5, 0.6) is 11.5 Å². The molecule has 0 saturated carbocycles. The maximum atomic E-state index is 13.5. The van der Waals surface area contributed by atoms with E-state index in [2.05, 4.69) is 10.1 Å². The molecule has 0 bridgehead atoms. The van der Waals surface area contributed by atoms with Crippen molar-refractivity contribution in [2.24, 2.45) is 17.8 Å². The fourth-order valence-corrected chi connectivity index (χ4v) is 6.27. The first kappa shape index (κ1) is 24.4. The van der Waals surface area contributed by atoms with Crippen LogP contribution in [0.15, 0.2) is 28.7 Å². The fourth-order valence-electron chi connectivity index (χ4n) is 6.27. The Hall–Kier alpha value is -3.34. The van der Waals surface area contributed by atoms with E-state index in [1.165, 1.54) is 0 Å². The molecule has 1 aromatic carbocycles. The van der Waals surface area contributed by atoms with Gasteiger partial charge in [0, 0.05) is 29.2 Å². The van der Waals surface area contributed by atoms with Gasteiger partial charge in [0.1, 0.15) is 23.0 Å². The Bertz CT molecular complexity index is 1260. The van der Waals surface area contributed by atoms with Crippen molar-refractivity contribution in [3.05, 3.63) is 45.4 Å². The molecule has 8 nitrogen and oxygen atoms in total. The topological polar surface area (TPSA) is 133 Å². The van der Waals surface area contributed by atoms with Crippen molar-refractivity contribution >= 4 is 17.3 Å². The number of aliphatic hydroxyl groups is 2. The molecular formula is C25H24F3NO7. The molecule has 1 saturated heterocycles. The van der Waals surface area contributed by atoms with Gasteiger partial charge in [-0.25, -0.2) is 0 Å². The number of carbonyl (C=O) groups excluding carboxylic acids is 3. The highest BCUT2D eigenvalue weighted by atomic mass is 19.4. The Kier molecular flexibility index (Phi) is 5.66. The van der Waals surface area contributed by atoms with Crippen molar-refractivity contribution in [2.75, 3.05) is 6.54 Å². The number of aliphatic hydroxyl groups excluding tert-OH is 2. The molecule has 1 aromatic rings. The summed E-state index contributed by atoms with van der Waals surface area (Å²) in [5.74, 6) is -7.05. The number of rotatable bonds is 3. The summed E-state index contributed by atoms with van der Waals surface area (Å²) in [4.78, 5) is 38.4. The number of benzene rings is 1. The van der Waals surface area contributed by atoms with Crippen LogP contribution in [0.1, 0.15) is 60.1 Å². The lowest BCUT2D eigenvalue weighted by molar-refractivity contribution is -0.275.